The van der Waals surface area contributed by atoms with Gasteiger partial charge in [-0.1, -0.05) is 37.3 Å². The molecular weight excluding hydrogens is 396 g/mol. The van der Waals surface area contributed by atoms with Gasteiger partial charge in [0.25, 0.3) is 0 Å². The summed E-state index contributed by atoms with van der Waals surface area (Å²) in [6.45, 7) is 5.61. The Kier molecular flexibility index (Phi) is 6.86. The van der Waals surface area contributed by atoms with Crippen LogP contribution in [0.5, 0.6) is 0 Å². The molecule has 1 aliphatic rings. The van der Waals surface area contributed by atoms with E-state index >= 15 is 0 Å². The molecule has 2 aromatic carbocycles. The van der Waals surface area contributed by atoms with E-state index in [2.05, 4.69) is 23.5 Å². The van der Waals surface area contributed by atoms with Crippen LogP contribution in [0, 0.1) is 0 Å². The molecule has 2 atom stereocenters. The van der Waals surface area contributed by atoms with Gasteiger partial charge < -0.3 is 5.32 Å². The number of hydrogen-bond donors (Lipinski definition) is 1. The molecule has 0 radical (unpaired) electrons. The Balaban J connectivity index is 1.77. The van der Waals surface area contributed by atoms with E-state index in [1.54, 1.807) is 19.1 Å². The number of anilines is 1. The fourth-order valence-electron chi connectivity index (χ4n) is 4.13. The van der Waals surface area contributed by atoms with Gasteiger partial charge in [-0.3, -0.25) is 9.10 Å². The third-order valence-corrected chi connectivity index (χ3v) is 7.16. The first-order valence-corrected chi connectivity index (χ1v) is 12.6. The first-order chi connectivity index (χ1) is 14.2. The van der Waals surface area contributed by atoms with Crippen molar-refractivity contribution in [3.8, 4) is 0 Å². The summed E-state index contributed by atoms with van der Waals surface area (Å²) in [5.74, 6) is -0.315. The van der Waals surface area contributed by atoms with Gasteiger partial charge in [0.15, 0.2) is 0 Å². The maximum atomic E-state index is 13.0. The minimum Gasteiger partial charge on any atom is -0.348 e. The Bertz CT molecular complexity index is 1000. The Morgan fingerprint density at radius 3 is 2.27 bits per heavy atom. The summed E-state index contributed by atoms with van der Waals surface area (Å²) in [6, 6.07) is 12.7. The number of aryl methyl sites for hydroxylation is 3. The third-order valence-electron chi connectivity index (χ3n) is 5.92. The smallest absolute Gasteiger partial charge is 0.244 e. The highest BCUT2D eigenvalue weighted by Gasteiger charge is 2.30. The molecule has 30 heavy (non-hydrogen) atoms. The maximum absolute atomic E-state index is 13.0. The normalized spacial score (nSPS) is 15.7. The molecule has 0 aromatic heterocycles. The molecule has 1 N–H and O–H groups in total. The molecule has 5 nitrogen and oxygen atoms in total. The van der Waals surface area contributed by atoms with Gasteiger partial charge in [-0.15, -0.1) is 0 Å². The molecule has 162 valence electrons. The fraction of sp³-hybridized carbons (Fsp3) is 0.458. The van der Waals surface area contributed by atoms with Crippen LogP contribution in [0.2, 0.25) is 0 Å². The summed E-state index contributed by atoms with van der Waals surface area (Å²) in [7, 11) is -3.62. The van der Waals surface area contributed by atoms with Crippen molar-refractivity contribution in [2.24, 2.45) is 0 Å². The second kappa shape index (κ2) is 9.21. The van der Waals surface area contributed by atoms with Crippen molar-refractivity contribution in [2.45, 2.75) is 65.0 Å². The van der Waals surface area contributed by atoms with Crippen LogP contribution in [0.4, 0.5) is 5.69 Å². The molecule has 1 amide bonds. The third kappa shape index (κ3) is 5.04. The van der Waals surface area contributed by atoms with Crippen LogP contribution in [-0.2, 0) is 34.1 Å². The Labute approximate surface area is 180 Å². The van der Waals surface area contributed by atoms with Crippen molar-refractivity contribution in [3.05, 3.63) is 64.7 Å². The zero-order valence-electron chi connectivity index (χ0n) is 18.3. The summed E-state index contributed by atoms with van der Waals surface area (Å²) in [6.07, 6.45) is 6.64. The van der Waals surface area contributed by atoms with Crippen LogP contribution in [-0.4, -0.2) is 26.6 Å². The zero-order chi connectivity index (χ0) is 21.9. The Morgan fingerprint density at radius 2 is 1.67 bits per heavy atom. The average Bonchev–Trinajstić information content (AvgIpc) is 2.72. The maximum Gasteiger partial charge on any atom is 0.244 e. The predicted octanol–water partition coefficient (Wildman–Crippen LogP) is 4.16. The second-order valence-corrected chi connectivity index (χ2v) is 10.1. The molecule has 0 unspecified atom stereocenters. The van der Waals surface area contributed by atoms with E-state index in [9.17, 15) is 13.2 Å². The lowest BCUT2D eigenvalue weighted by atomic mass is 9.89. The van der Waals surface area contributed by atoms with Gasteiger partial charge in [-0.05, 0) is 80.3 Å². The van der Waals surface area contributed by atoms with Gasteiger partial charge in [-0.25, -0.2) is 8.42 Å². The fourth-order valence-corrected chi connectivity index (χ4v) is 5.30. The van der Waals surface area contributed by atoms with Gasteiger partial charge in [0.2, 0.25) is 15.9 Å². The van der Waals surface area contributed by atoms with Gasteiger partial charge >= 0.3 is 0 Å². The van der Waals surface area contributed by atoms with E-state index in [0.29, 0.717) is 5.69 Å². The van der Waals surface area contributed by atoms with Crippen LogP contribution in [0.1, 0.15) is 61.9 Å². The molecule has 0 saturated heterocycles. The summed E-state index contributed by atoms with van der Waals surface area (Å²) >= 11 is 0. The van der Waals surface area contributed by atoms with Crippen molar-refractivity contribution in [2.75, 3.05) is 10.6 Å². The molecule has 0 aliphatic heterocycles. The lowest BCUT2D eigenvalue weighted by Crippen LogP contribution is -2.48. The predicted molar refractivity (Wildman–Crippen MR) is 122 cm³/mol. The monoisotopic (exact) mass is 428 g/mol. The molecule has 0 fully saturated rings. The van der Waals surface area contributed by atoms with Crippen molar-refractivity contribution in [3.63, 3.8) is 0 Å². The molecule has 0 heterocycles. The minimum atomic E-state index is -3.62. The lowest BCUT2D eigenvalue weighted by Gasteiger charge is -2.29. The number of nitrogens with zero attached hydrogens (tertiary/aromatic N) is 1. The van der Waals surface area contributed by atoms with Crippen LogP contribution >= 0.6 is 0 Å². The van der Waals surface area contributed by atoms with E-state index in [1.807, 2.05) is 26.0 Å². The lowest BCUT2D eigenvalue weighted by molar-refractivity contribution is -0.122. The summed E-state index contributed by atoms with van der Waals surface area (Å²) < 4.78 is 26.2. The number of benzene rings is 2. The second-order valence-electron chi connectivity index (χ2n) is 8.22. The highest BCUT2D eigenvalue weighted by molar-refractivity contribution is 7.92. The highest BCUT2D eigenvalue weighted by Crippen LogP contribution is 2.26. The van der Waals surface area contributed by atoms with Gasteiger partial charge in [0.1, 0.15) is 6.04 Å². The minimum absolute atomic E-state index is 0.198. The average molecular weight is 429 g/mol. The van der Waals surface area contributed by atoms with Crippen LogP contribution in [0.25, 0.3) is 0 Å². The number of carbonyl (C=O) groups is 1. The first-order valence-electron chi connectivity index (χ1n) is 10.7. The van der Waals surface area contributed by atoms with Crippen molar-refractivity contribution >= 4 is 21.6 Å². The number of amides is 1. The van der Waals surface area contributed by atoms with E-state index in [4.69, 9.17) is 0 Å². The number of hydrogen-bond acceptors (Lipinski definition) is 3. The number of rotatable bonds is 7. The number of sulfonamides is 1. The SMILES string of the molecule is CCc1ccc(N([C@@H](C)C(=O)N[C@@H](C)c2ccc3c(c2)CCCC3)S(C)(=O)=O)cc1. The van der Waals surface area contributed by atoms with E-state index in [-0.39, 0.29) is 11.9 Å². The summed E-state index contributed by atoms with van der Waals surface area (Å²) in [5.41, 5.74) is 5.43. The Hall–Kier alpha value is -2.34. The zero-order valence-corrected chi connectivity index (χ0v) is 19.1. The molecule has 0 bridgehead atoms. The quantitative estimate of drug-likeness (QED) is 0.720. The number of nitrogens with one attached hydrogen (secondary N) is 1. The number of fused-ring (bicyclic) bond motifs is 1. The van der Waals surface area contributed by atoms with Gasteiger partial charge in [-0.2, -0.15) is 0 Å². The summed E-state index contributed by atoms with van der Waals surface area (Å²) in [5, 5.41) is 3.00. The van der Waals surface area contributed by atoms with Crippen LogP contribution in [0.3, 0.4) is 0 Å². The molecule has 0 spiro atoms. The largest absolute Gasteiger partial charge is 0.348 e. The topological polar surface area (TPSA) is 66.5 Å². The highest BCUT2D eigenvalue weighted by atomic mass is 32.2. The van der Waals surface area contributed by atoms with Gasteiger partial charge in [0.05, 0.1) is 18.0 Å². The van der Waals surface area contributed by atoms with Gasteiger partial charge in [0, 0.05) is 0 Å². The first kappa shape index (κ1) is 22.3. The standard InChI is InChI=1S/C24H32N2O3S/c1-5-19-10-14-23(15-11-19)26(30(4,28)29)18(3)24(27)25-17(2)21-13-12-20-8-6-7-9-22(20)16-21/h10-18H,5-9H2,1-4H3,(H,25,27)/t17-,18-/m0/s1. The van der Waals surface area contributed by atoms with Crippen molar-refractivity contribution in [1.29, 1.82) is 0 Å². The van der Waals surface area contributed by atoms with E-state index in [0.717, 1.165) is 36.6 Å². The molecule has 1 aliphatic carbocycles. The number of carbonyl (C=O) groups excluding carboxylic acids is 1. The van der Waals surface area contributed by atoms with Crippen LogP contribution < -0.4 is 9.62 Å². The molecule has 6 heteroatoms. The molecular formula is C24H32N2O3S. The van der Waals surface area contributed by atoms with Crippen molar-refractivity contribution in [1.82, 2.24) is 5.32 Å². The van der Waals surface area contributed by atoms with Crippen molar-refractivity contribution < 1.29 is 13.2 Å². The molecule has 0 saturated carbocycles. The van der Waals surface area contributed by atoms with Crippen LogP contribution in [0.15, 0.2) is 42.5 Å². The summed E-state index contributed by atoms with van der Waals surface area (Å²) in [4.78, 5) is 13.0. The Morgan fingerprint density at radius 1 is 1.03 bits per heavy atom. The van der Waals surface area contributed by atoms with E-state index < -0.39 is 16.1 Å². The molecule has 3 rings (SSSR count). The van der Waals surface area contributed by atoms with E-state index in [1.165, 1.54) is 28.3 Å². The molecule has 2 aromatic rings.